The zero-order valence-electron chi connectivity index (χ0n) is 16.7. The lowest BCUT2D eigenvalue weighted by Gasteiger charge is -2.38. The van der Waals surface area contributed by atoms with Crippen LogP contribution >= 0.6 is 0 Å². The van der Waals surface area contributed by atoms with Gasteiger partial charge in [-0.05, 0) is 42.5 Å². The molecule has 2 atom stereocenters. The number of carbonyl (C=O) groups excluding carboxylic acids is 1. The van der Waals surface area contributed by atoms with Crippen LogP contribution in [0, 0.1) is 11.8 Å². The summed E-state index contributed by atoms with van der Waals surface area (Å²) in [4.78, 5) is 14.8. The number of piperidine rings is 1. The van der Waals surface area contributed by atoms with E-state index < -0.39 is 10.0 Å². The van der Waals surface area contributed by atoms with Gasteiger partial charge >= 0.3 is 0 Å². The van der Waals surface area contributed by atoms with Crippen molar-refractivity contribution < 1.29 is 22.7 Å². The molecular formula is C20H30N2O5S. The lowest BCUT2D eigenvalue weighted by atomic mass is 9.82. The number of sulfonamides is 1. The van der Waals surface area contributed by atoms with Gasteiger partial charge < -0.3 is 14.4 Å². The molecule has 2 aliphatic rings. The van der Waals surface area contributed by atoms with E-state index in [-0.39, 0.29) is 22.6 Å². The number of morpholine rings is 1. The molecule has 3 rings (SSSR count). The van der Waals surface area contributed by atoms with Gasteiger partial charge in [-0.15, -0.1) is 0 Å². The van der Waals surface area contributed by atoms with Gasteiger partial charge in [0.1, 0.15) is 5.75 Å². The molecular weight excluding hydrogens is 380 g/mol. The second kappa shape index (κ2) is 9.24. The van der Waals surface area contributed by atoms with Crippen LogP contribution in [0.2, 0.25) is 0 Å². The Hall–Kier alpha value is -1.64. The Morgan fingerprint density at radius 3 is 2.43 bits per heavy atom. The van der Waals surface area contributed by atoms with Crippen LogP contribution in [0.25, 0.3) is 0 Å². The Morgan fingerprint density at radius 2 is 1.82 bits per heavy atom. The average Bonchev–Trinajstić information content (AvgIpc) is 2.74. The molecule has 1 aromatic rings. The molecule has 2 fully saturated rings. The monoisotopic (exact) mass is 410 g/mol. The maximum atomic E-state index is 13.0. The molecule has 0 aromatic heterocycles. The molecule has 0 saturated carbocycles. The second-order valence-electron chi connectivity index (χ2n) is 7.45. The summed E-state index contributed by atoms with van der Waals surface area (Å²) < 4.78 is 38.0. The molecule has 2 heterocycles. The average molecular weight is 411 g/mol. The van der Waals surface area contributed by atoms with Crippen molar-refractivity contribution in [1.82, 2.24) is 9.21 Å². The summed E-state index contributed by atoms with van der Waals surface area (Å²) in [5, 5.41) is 0. The van der Waals surface area contributed by atoms with Gasteiger partial charge in [-0.3, -0.25) is 4.79 Å². The van der Waals surface area contributed by atoms with Crippen LogP contribution in [0.4, 0.5) is 0 Å². The third-order valence-corrected chi connectivity index (χ3v) is 7.76. The van der Waals surface area contributed by atoms with Crippen molar-refractivity contribution in [2.24, 2.45) is 11.8 Å². The van der Waals surface area contributed by atoms with Crippen molar-refractivity contribution >= 4 is 15.9 Å². The first-order valence-corrected chi connectivity index (χ1v) is 11.4. The lowest BCUT2D eigenvalue weighted by molar-refractivity contribution is -0.137. The van der Waals surface area contributed by atoms with E-state index in [2.05, 4.69) is 6.92 Å². The first kappa shape index (κ1) is 21.1. The number of ether oxygens (including phenoxy) is 2. The summed E-state index contributed by atoms with van der Waals surface area (Å²) in [5.41, 5.74) is 0. The van der Waals surface area contributed by atoms with Crippen LogP contribution in [-0.2, 0) is 19.6 Å². The highest BCUT2D eigenvalue weighted by Crippen LogP contribution is 2.32. The molecule has 0 N–H and O–H groups in total. The molecule has 1 aromatic carbocycles. The highest BCUT2D eigenvalue weighted by molar-refractivity contribution is 7.89. The molecule has 0 aliphatic carbocycles. The third-order valence-electron chi connectivity index (χ3n) is 5.88. The number of rotatable bonds is 6. The smallest absolute Gasteiger partial charge is 0.243 e. The molecule has 2 saturated heterocycles. The Balaban J connectivity index is 1.65. The lowest BCUT2D eigenvalue weighted by Crippen LogP contribution is -2.46. The minimum atomic E-state index is -3.54. The van der Waals surface area contributed by atoms with Crippen molar-refractivity contribution in [3.8, 4) is 5.75 Å². The molecule has 2 unspecified atom stereocenters. The number of nitrogens with zero attached hydrogens (tertiary/aromatic N) is 2. The van der Waals surface area contributed by atoms with Crippen molar-refractivity contribution in [3.63, 3.8) is 0 Å². The highest BCUT2D eigenvalue weighted by Gasteiger charge is 2.36. The minimum Gasteiger partial charge on any atom is -0.497 e. The minimum absolute atomic E-state index is 0.165. The largest absolute Gasteiger partial charge is 0.497 e. The predicted molar refractivity (Wildman–Crippen MR) is 106 cm³/mol. The fourth-order valence-electron chi connectivity index (χ4n) is 4.06. The molecule has 1 amide bonds. The summed E-state index contributed by atoms with van der Waals surface area (Å²) >= 11 is 0. The number of methoxy groups -OCH3 is 1. The Labute approximate surface area is 167 Å². The van der Waals surface area contributed by atoms with Gasteiger partial charge in [-0.25, -0.2) is 8.42 Å². The molecule has 0 radical (unpaired) electrons. The maximum absolute atomic E-state index is 13.0. The molecule has 8 heteroatoms. The van der Waals surface area contributed by atoms with E-state index in [1.165, 1.54) is 0 Å². The van der Waals surface area contributed by atoms with Gasteiger partial charge in [-0.1, -0.05) is 13.3 Å². The van der Waals surface area contributed by atoms with E-state index in [4.69, 9.17) is 9.47 Å². The van der Waals surface area contributed by atoms with Crippen molar-refractivity contribution in [1.29, 1.82) is 0 Å². The fraction of sp³-hybridized carbons (Fsp3) is 0.650. The molecule has 2 aliphatic heterocycles. The van der Waals surface area contributed by atoms with E-state index >= 15 is 0 Å². The van der Waals surface area contributed by atoms with E-state index in [0.29, 0.717) is 58.0 Å². The summed E-state index contributed by atoms with van der Waals surface area (Å²) in [5.74, 6) is 1.21. The fourth-order valence-corrected chi connectivity index (χ4v) is 5.57. The Morgan fingerprint density at radius 1 is 1.14 bits per heavy atom. The zero-order valence-corrected chi connectivity index (χ0v) is 17.5. The van der Waals surface area contributed by atoms with Crippen LogP contribution in [0.15, 0.2) is 29.2 Å². The predicted octanol–water partition coefficient (Wildman–Crippen LogP) is 1.98. The first-order chi connectivity index (χ1) is 13.5. The molecule has 28 heavy (non-hydrogen) atoms. The van der Waals surface area contributed by atoms with Crippen LogP contribution in [0.1, 0.15) is 26.2 Å². The number of amides is 1. The number of carbonyl (C=O) groups is 1. The van der Waals surface area contributed by atoms with Gasteiger partial charge in [-0.2, -0.15) is 4.31 Å². The molecule has 7 nitrogen and oxygen atoms in total. The number of hydrogen-bond donors (Lipinski definition) is 0. The van der Waals surface area contributed by atoms with Crippen LogP contribution in [0.3, 0.4) is 0 Å². The van der Waals surface area contributed by atoms with E-state index in [1.807, 2.05) is 4.90 Å². The standard InChI is InChI=1S/C20H30N2O5S/c1-3-16-15-22(28(24,25)19-6-4-18(26-2)5-7-19)9-8-17(16)14-20(23)21-10-12-27-13-11-21/h4-7,16-17H,3,8-15H2,1-2H3. The van der Waals surface area contributed by atoms with Crippen LogP contribution in [0.5, 0.6) is 5.75 Å². The van der Waals surface area contributed by atoms with Crippen molar-refractivity contribution in [2.45, 2.75) is 31.1 Å². The number of hydrogen-bond acceptors (Lipinski definition) is 5. The van der Waals surface area contributed by atoms with Crippen molar-refractivity contribution in [3.05, 3.63) is 24.3 Å². The van der Waals surface area contributed by atoms with Gasteiger partial charge in [0.25, 0.3) is 0 Å². The van der Waals surface area contributed by atoms with Crippen LogP contribution < -0.4 is 4.74 Å². The SMILES string of the molecule is CCC1CN(S(=O)(=O)c2ccc(OC)cc2)CCC1CC(=O)N1CCOCC1. The van der Waals surface area contributed by atoms with Crippen molar-refractivity contribution in [2.75, 3.05) is 46.5 Å². The summed E-state index contributed by atoms with van der Waals surface area (Å²) in [6.45, 7) is 5.49. The van der Waals surface area contributed by atoms with Crippen LogP contribution in [-0.4, -0.2) is 70.0 Å². The van der Waals surface area contributed by atoms with E-state index in [9.17, 15) is 13.2 Å². The zero-order chi connectivity index (χ0) is 20.1. The van der Waals surface area contributed by atoms with E-state index in [1.54, 1.807) is 35.7 Å². The molecule has 156 valence electrons. The summed E-state index contributed by atoms with van der Waals surface area (Å²) in [7, 11) is -1.98. The van der Waals surface area contributed by atoms with Gasteiger partial charge in [0.15, 0.2) is 0 Å². The van der Waals surface area contributed by atoms with Gasteiger partial charge in [0.05, 0.1) is 25.2 Å². The molecule has 0 spiro atoms. The quantitative estimate of drug-likeness (QED) is 0.717. The maximum Gasteiger partial charge on any atom is 0.243 e. The topological polar surface area (TPSA) is 76.2 Å². The summed E-state index contributed by atoms with van der Waals surface area (Å²) in [6.07, 6.45) is 2.06. The van der Waals surface area contributed by atoms with Gasteiger partial charge in [0.2, 0.25) is 15.9 Å². The Bertz CT molecular complexity index is 759. The highest BCUT2D eigenvalue weighted by atomic mass is 32.2. The third kappa shape index (κ3) is 4.67. The number of benzene rings is 1. The summed E-state index contributed by atoms with van der Waals surface area (Å²) in [6, 6.07) is 6.50. The van der Waals surface area contributed by atoms with Gasteiger partial charge in [0, 0.05) is 32.6 Å². The normalized spacial score (nSPS) is 24.1. The van der Waals surface area contributed by atoms with E-state index in [0.717, 1.165) is 6.42 Å². The second-order valence-corrected chi connectivity index (χ2v) is 9.39. The Kier molecular flexibility index (Phi) is 6.95. The first-order valence-electron chi connectivity index (χ1n) is 9.95. The molecule has 0 bridgehead atoms.